The van der Waals surface area contributed by atoms with Gasteiger partial charge in [-0.2, -0.15) is 0 Å². The summed E-state index contributed by atoms with van der Waals surface area (Å²) in [4.78, 5) is 10.2. The van der Waals surface area contributed by atoms with Crippen molar-refractivity contribution in [3.8, 4) is 5.75 Å². The maximum Gasteiger partial charge on any atom is 0.310 e. The van der Waals surface area contributed by atoms with Crippen LogP contribution in [-0.2, 0) is 6.54 Å². The number of hydrogen-bond acceptors (Lipinski definition) is 4. The van der Waals surface area contributed by atoms with Crippen molar-refractivity contribution in [3.05, 3.63) is 33.9 Å². The van der Waals surface area contributed by atoms with Crippen LogP contribution in [0.4, 0.5) is 14.5 Å². The van der Waals surface area contributed by atoms with Gasteiger partial charge in [-0.3, -0.25) is 10.1 Å². The molecule has 112 valence electrons. The molecule has 0 atom stereocenters. The van der Waals surface area contributed by atoms with Gasteiger partial charge in [0.1, 0.15) is 6.61 Å². The summed E-state index contributed by atoms with van der Waals surface area (Å²) in [5.41, 5.74) is 0.443. The Morgan fingerprint density at radius 2 is 2.10 bits per heavy atom. The van der Waals surface area contributed by atoms with Crippen LogP contribution in [0.2, 0.25) is 0 Å². The zero-order chi connectivity index (χ0) is 15.1. The van der Waals surface area contributed by atoms with Crippen molar-refractivity contribution < 1.29 is 18.4 Å². The molecule has 0 aliphatic heterocycles. The summed E-state index contributed by atoms with van der Waals surface area (Å²) in [6.45, 7) is 4.55. The second-order valence-electron chi connectivity index (χ2n) is 4.79. The average Bonchev–Trinajstić information content (AvgIpc) is 2.35. The van der Waals surface area contributed by atoms with Gasteiger partial charge in [0.25, 0.3) is 6.43 Å². The Kier molecular flexibility index (Phi) is 6.30. The number of nitro groups is 1. The number of rotatable bonds is 8. The van der Waals surface area contributed by atoms with E-state index in [0.717, 1.165) is 12.1 Å². The molecule has 0 bridgehead atoms. The predicted molar refractivity (Wildman–Crippen MR) is 71.1 cm³/mol. The van der Waals surface area contributed by atoms with Crippen LogP contribution in [0, 0.1) is 16.0 Å². The average molecular weight is 288 g/mol. The van der Waals surface area contributed by atoms with Crippen LogP contribution in [0.1, 0.15) is 19.4 Å². The maximum absolute atomic E-state index is 12.1. The van der Waals surface area contributed by atoms with E-state index in [1.54, 1.807) is 6.07 Å². The Hall–Kier alpha value is -1.76. The fourth-order valence-corrected chi connectivity index (χ4v) is 1.59. The van der Waals surface area contributed by atoms with Gasteiger partial charge in [0, 0.05) is 12.6 Å². The van der Waals surface area contributed by atoms with Crippen molar-refractivity contribution >= 4 is 5.69 Å². The third-order valence-electron chi connectivity index (χ3n) is 2.47. The fourth-order valence-electron chi connectivity index (χ4n) is 1.59. The minimum Gasteiger partial charge on any atom is -0.481 e. The van der Waals surface area contributed by atoms with Gasteiger partial charge in [-0.15, -0.1) is 0 Å². The highest BCUT2D eigenvalue weighted by Gasteiger charge is 2.17. The van der Waals surface area contributed by atoms with E-state index in [1.807, 2.05) is 0 Å². The lowest BCUT2D eigenvalue weighted by atomic mass is 10.1. The van der Waals surface area contributed by atoms with Gasteiger partial charge in [0.05, 0.1) is 4.92 Å². The maximum atomic E-state index is 12.1. The number of nitrogens with one attached hydrogen (secondary N) is 1. The molecule has 0 fully saturated rings. The number of alkyl halides is 2. The zero-order valence-corrected chi connectivity index (χ0v) is 11.4. The van der Waals surface area contributed by atoms with Crippen LogP contribution in [0.3, 0.4) is 0 Å². The van der Waals surface area contributed by atoms with Crippen LogP contribution in [0.15, 0.2) is 18.2 Å². The number of nitrogens with zero attached hydrogens (tertiary/aromatic N) is 1. The standard InChI is InChI=1S/C13H18F2N2O3/c1-9(2)6-16-7-10-3-4-11(17(18)19)12(5-10)20-8-13(14)15/h3-5,9,13,16H,6-8H2,1-2H3. The van der Waals surface area contributed by atoms with E-state index in [-0.39, 0.29) is 11.4 Å². The van der Waals surface area contributed by atoms with E-state index in [0.29, 0.717) is 12.5 Å². The Morgan fingerprint density at radius 3 is 2.65 bits per heavy atom. The van der Waals surface area contributed by atoms with Crippen LogP contribution in [0.5, 0.6) is 5.75 Å². The molecule has 1 aromatic rings. The van der Waals surface area contributed by atoms with Crippen LogP contribution in [0.25, 0.3) is 0 Å². The third-order valence-corrected chi connectivity index (χ3v) is 2.47. The van der Waals surface area contributed by atoms with Crippen molar-refractivity contribution in [3.63, 3.8) is 0 Å². The molecule has 1 rings (SSSR count). The van der Waals surface area contributed by atoms with E-state index < -0.39 is 18.0 Å². The van der Waals surface area contributed by atoms with Crippen molar-refractivity contribution in [1.82, 2.24) is 5.32 Å². The summed E-state index contributed by atoms with van der Waals surface area (Å²) in [5, 5.41) is 14.0. The van der Waals surface area contributed by atoms with Crippen LogP contribution < -0.4 is 10.1 Å². The van der Waals surface area contributed by atoms with Gasteiger partial charge >= 0.3 is 5.69 Å². The van der Waals surface area contributed by atoms with E-state index >= 15 is 0 Å². The first-order valence-electron chi connectivity index (χ1n) is 6.29. The summed E-state index contributed by atoms with van der Waals surface area (Å²) in [5.74, 6) is 0.349. The Bertz CT molecular complexity index is 453. The number of nitro benzene ring substituents is 1. The van der Waals surface area contributed by atoms with Gasteiger partial charge in [0.2, 0.25) is 0 Å². The fraction of sp³-hybridized carbons (Fsp3) is 0.538. The SMILES string of the molecule is CC(C)CNCc1ccc([N+](=O)[O-])c(OCC(F)F)c1. The molecule has 0 aliphatic carbocycles. The first-order valence-corrected chi connectivity index (χ1v) is 6.29. The Balaban J connectivity index is 2.78. The minimum atomic E-state index is -2.67. The smallest absolute Gasteiger partial charge is 0.310 e. The minimum absolute atomic E-state index is 0.126. The highest BCUT2D eigenvalue weighted by atomic mass is 19.3. The second-order valence-corrected chi connectivity index (χ2v) is 4.79. The normalized spacial score (nSPS) is 11.1. The monoisotopic (exact) mass is 288 g/mol. The summed E-state index contributed by atoms with van der Waals surface area (Å²) in [6.07, 6.45) is -2.67. The van der Waals surface area contributed by atoms with E-state index in [2.05, 4.69) is 19.2 Å². The summed E-state index contributed by atoms with van der Waals surface area (Å²) in [7, 11) is 0. The molecule has 1 aromatic carbocycles. The lowest BCUT2D eigenvalue weighted by Crippen LogP contribution is -2.19. The molecule has 0 aromatic heterocycles. The molecule has 0 saturated carbocycles. The molecule has 0 aliphatic rings. The molecule has 5 nitrogen and oxygen atoms in total. The molecule has 1 N–H and O–H groups in total. The van der Waals surface area contributed by atoms with Gasteiger partial charge in [-0.05, 0) is 24.1 Å². The first-order chi connectivity index (χ1) is 9.40. The van der Waals surface area contributed by atoms with Gasteiger partial charge < -0.3 is 10.1 Å². The molecule has 20 heavy (non-hydrogen) atoms. The molecule has 0 heterocycles. The number of ether oxygens (including phenoxy) is 1. The molecule has 0 amide bonds. The number of hydrogen-bond donors (Lipinski definition) is 1. The lowest BCUT2D eigenvalue weighted by Gasteiger charge is -2.10. The van der Waals surface area contributed by atoms with Gasteiger partial charge in [-0.1, -0.05) is 19.9 Å². The number of benzene rings is 1. The summed E-state index contributed by atoms with van der Waals surface area (Å²) in [6, 6.07) is 4.28. The second kappa shape index (κ2) is 7.74. The molecule has 0 saturated heterocycles. The van der Waals surface area contributed by atoms with E-state index in [9.17, 15) is 18.9 Å². The summed E-state index contributed by atoms with van der Waals surface area (Å²) >= 11 is 0. The third kappa shape index (κ3) is 5.48. The largest absolute Gasteiger partial charge is 0.481 e. The molecular formula is C13H18F2N2O3. The Morgan fingerprint density at radius 1 is 1.40 bits per heavy atom. The highest BCUT2D eigenvalue weighted by Crippen LogP contribution is 2.28. The van der Waals surface area contributed by atoms with Crippen molar-refractivity contribution in [2.45, 2.75) is 26.8 Å². The predicted octanol–water partition coefficient (Wildman–Crippen LogP) is 2.98. The van der Waals surface area contributed by atoms with Gasteiger partial charge in [0.15, 0.2) is 5.75 Å². The topological polar surface area (TPSA) is 64.4 Å². The molecule has 0 radical (unpaired) electrons. The molecule has 0 spiro atoms. The Labute approximate surface area is 116 Å². The van der Waals surface area contributed by atoms with Crippen LogP contribution >= 0.6 is 0 Å². The van der Waals surface area contributed by atoms with Crippen LogP contribution in [-0.4, -0.2) is 24.5 Å². The summed E-state index contributed by atoms with van der Waals surface area (Å²) < 4.78 is 29.1. The number of halogens is 2. The quantitative estimate of drug-likeness (QED) is 0.590. The van der Waals surface area contributed by atoms with Crippen molar-refractivity contribution in [2.75, 3.05) is 13.2 Å². The zero-order valence-electron chi connectivity index (χ0n) is 11.4. The van der Waals surface area contributed by atoms with Gasteiger partial charge in [-0.25, -0.2) is 8.78 Å². The highest BCUT2D eigenvalue weighted by molar-refractivity contribution is 5.48. The first kappa shape index (κ1) is 16.3. The van der Waals surface area contributed by atoms with E-state index in [1.165, 1.54) is 12.1 Å². The lowest BCUT2D eigenvalue weighted by molar-refractivity contribution is -0.386. The molecular weight excluding hydrogens is 270 g/mol. The van der Waals surface area contributed by atoms with E-state index in [4.69, 9.17) is 4.74 Å². The van der Waals surface area contributed by atoms with Crippen molar-refractivity contribution in [2.24, 2.45) is 5.92 Å². The van der Waals surface area contributed by atoms with Crippen molar-refractivity contribution in [1.29, 1.82) is 0 Å². The molecule has 0 unspecified atom stereocenters. The molecule has 7 heteroatoms.